The minimum absolute atomic E-state index is 0.0155. The molecule has 0 atom stereocenters. The molecule has 4 rings (SSSR count). The Bertz CT molecular complexity index is 1300. The zero-order chi connectivity index (χ0) is 23.5. The molecule has 0 spiro atoms. The van der Waals surface area contributed by atoms with Crippen LogP contribution >= 0.6 is 24.0 Å². The first kappa shape index (κ1) is 22.4. The number of thiocarbonyl (C=S) groups is 1. The van der Waals surface area contributed by atoms with Crippen LogP contribution in [0.3, 0.4) is 0 Å². The van der Waals surface area contributed by atoms with Crippen molar-refractivity contribution in [1.82, 2.24) is 14.7 Å². The maximum Gasteiger partial charge on any atom is 0.305 e. The van der Waals surface area contributed by atoms with Gasteiger partial charge < -0.3 is 5.11 Å². The monoisotopic (exact) mass is 480 g/mol. The van der Waals surface area contributed by atoms with Gasteiger partial charge in [-0.15, -0.1) is 0 Å². The molecule has 1 aromatic heterocycles. The number of hydrogen-bond donors (Lipinski definition) is 1. The van der Waals surface area contributed by atoms with E-state index in [2.05, 4.69) is 5.10 Å². The molecule has 9 nitrogen and oxygen atoms in total. The second-order valence-electron chi connectivity index (χ2n) is 7.00. The summed E-state index contributed by atoms with van der Waals surface area (Å²) in [6.45, 7) is -0.0155. The van der Waals surface area contributed by atoms with Gasteiger partial charge in [-0.2, -0.15) is 5.10 Å². The summed E-state index contributed by atoms with van der Waals surface area (Å²) in [4.78, 5) is 36.1. The van der Waals surface area contributed by atoms with Gasteiger partial charge in [0.2, 0.25) is 0 Å². The van der Waals surface area contributed by atoms with Gasteiger partial charge >= 0.3 is 5.97 Å². The van der Waals surface area contributed by atoms with Crippen molar-refractivity contribution in [2.24, 2.45) is 0 Å². The lowest BCUT2D eigenvalue weighted by Crippen LogP contribution is -2.30. The third-order valence-electron chi connectivity index (χ3n) is 4.80. The van der Waals surface area contributed by atoms with Crippen molar-refractivity contribution in [3.05, 3.63) is 81.4 Å². The maximum absolute atomic E-state index is 12.8. The summed E-state index contributed by atoms with van der Waals surface area (Å²) in [6, 6.07) is 15.4. The van der Waals surface area contributed by atoms with E-state index < -0.39 is 10.9 Å². The fourth-order valence-electron chi connectivity index (χ4n) is 3.24. The van der Waals surface area contributed by atoms with Crippen LogP contribution in [0.1, 0.15) is 12.0 Å². The number of nitrogens with zero attached hydrogens (tertiary/aromatic N) is 4. The average molecular weight is 481 g/mol. The zero-order valence-electron chi connectivity index (χ0n) is 17.0. The molecule has 1 aliphatic heterocycles. The fourth-order valence-corrected chi connectivity index (χ4v) is 4.54. The third-order valence-corrected chi connectivity index (χ3v) is 6.18. The van der Waals surface area contributed by atoms with Crippen LogP contribution in [0.15, 0.2) is 65.7 Å². The number of para-hydroxylation sites is 1. The molecule has 1 aliphatic rings. The van der Waals surface area contributed by atoms with E-state index in [1.807, 2.05) is 30.3 Å². The molecule has 1 saturated heterocycles. The zero-order valence-corrected chi connectivity index (χ0v) is 18.6. The number of carboxylic acids is 1. The standard InChI is InChI=1S/C22H16N4O5S2/c27-19(28)9-10-24-21(29)18(33-22(24)32)12-15-13-25(16-6-2-1-3-7-16)23-20(15)14-5-4-8-17(11-14)26(30)31/h1-8,11-13H,9-10H2,(H,27,28)/b18-12+. The van der Waals surface area contributed by atoms with Gasteiger partial charge in [-0.25, -0.2) is 4.68 Å². The quantitative estimate of drug-likeness (QED) is 0.232. The first-order chi connectivity index (χ1) is 15.8. The molecule has 33 heavy (non-hydrogen) atoms. The molecule has 2 aromatic carbocycles. The minimum atomic E-state index is -1.02. The van der Waals surface area contributed by atoms with Gasteiger partial charge in [-0.3, -0.25) is 24.6 Å². The third kappa shape index (κ3) is 4.83. The van der Waals surface area contributed by atoms with E-state index in [-0.39, 0.29) is 28.9 Å². The first-order valence-corrected chi connectivity index (χ1v) is 10.9. The van der Waals surface area contributed by atoms with E-state index in [0.29, 0.717) is 21.7 Å². The minimum Gasteiger partial charge on any atom is -0.481 e. The second kappa shape index (κ2) is 9.35. The van der Waals surface area contributed by atoms with Crippen LogP contribution in [0.5, 0.6) is 0 Å². The molecule has 1 N–H and O–H groups in total. The predicted octanol–water partition coefficient (Wildman–Crippen LogP) is 4.12. The molecule has 0 radical (unpaired) electrons. The molecule has 0 bridgehead atoms. The van der Waals surface area contributed by atoms with Gasteiger partial charge in [0, 0.05) is 36.0 Å². The van der Waals surface area contributed by atoms with Crippen LogP contribution in [0, 0.1) is 10.1 Å². The number of carbonyl (C=O) groups excluding carboxylic acids is 1. The molecule has 2 heterocycles. The van der Waals surface area contributed by atoms with Crippen LogP contribution in [-0.4, -0.2) is 47.5 Å². The van der Waals surface area contributed by atoms with Gasteiger partial charge in [-0.05, 0) is 18.2 Å². The van der Waals surface area contributed by atoms with Crippen molar-refractivity contribution in [3.8, 4) is 16.9 Å². The summed E-state index contributed by atoms with van der Waals surface area (Å²) in [5.41, 5.74) is 2.24. The Balaban J connectivity index is 1.77. The highest BCUT2D eigenvalue weighted by Gasteiger charge is 2.32. The number of amides is 1. The van der Waals surface area contributed by atoms with E-state index in [4.69, 9.17) is 17.3 Å². The van der Waals surface area contributed by atoms with E-state index in [1.165, 1.54) is 17.0 Å². The van der Waals surface area contributed by atoms with E-state index in [9.17, 15) is 19.7 Å². The SMILES string of the molecule is O=C(O)CCN1C(=O)/C(=C\c2cn(-c3ccccc3)nc2-c2cccc([N+](=O)[O-])c2)SC1=S. The van der Waals surface area contributed by atoms with Crippen LogP contribution < -0.4 is 0 Å². The van der Waals surface area contributed by atoms with E-state index in [1.54, 1.807) is 29.1 Å². The van der Waals surface area contributed by atoms with Crippen LogP contribution in [0.4, 0.5) is 5.69 Å². The first-order valence-electron chi connectivity index (χ1n) is 9.70. The molecular weight excluding hydrogens is 464 g/mol. The Kier molecular flexibility index (Phi) is 6.33. The van der Waals surface area contributed by atoms with E-state index in [0.717, 1.165) is 17.4 Å². The number of hydrogen-bond acceptors (Lipinski definition) is 7. The molecule has 0 saturated carbocycles. The molecule has 1 amide bonds. The Morgan fingerprint density at radius 1 is 1.21 bits per heavy atom. The lowest BCUT2D eigenvalue weighted by molar-refractivity contribution is -0.384. The molecule has 1 fully saturated rings. The number of aliphatic carboxylic acids is 1. The molecule has 0 unspecified atom stereocenters. The number of nitro benzene ring substituents is 1. The smallest absolute Gasteiger partial charge is 0.305 e. The fraction of sp³-hybridized carbons (Fsp3) is 0.0909. The second-order valence-corrected chi connectivity index (χ2v) is 8.67. The molecule has 166 valence electrons. The lowest BCUT2D eigenvalue weighted by atomic mass is 10.1. The number of rotatable bonds is 7. The average Bonchev–Trinajstić information content (AvgIpc) is 3.34. The molecule has 3 aromatic rings. The van der Waals surface area contributed by atoms with Crippen LogP contribution in [-0.2, 0) is 9.59 Å². The number of carboxylic acid groups (broad SMARTS) is 1. The largest absolute Gasteiger partial charge is 0.481 e. The summed E-state index contributed by atoms with van der Waals surface area (Å²) in [6.07, 6.45) is 3.14. The Morgan fingerprint density at radius 3 is 2.67 bits per heavy atom. The van der Waals surface area contributed by atoms with Crippen LogP contribution in [0.2, 0.25) is 0 Å². The number of carbonyl (C=O) groups is 2. The van der Waals surface area contributed by atoms with Crippen molar-refractivity contribution in [2.75, 3.05) is 6.54 Å². The predicted molar refractivity (Wildman–Crippen MR) is 128 cm³/mol. The van der Waals surface area contributed by atoms with Gasteiger partial charge in [0.1, 0.15) is 10.0 Å². The number of benzene rings is 2. The molecule has 0 aliphatic carbocycles. The van der Waals surface area contributed by atoms with Crippen LogP contribution in [0.25, 0.3) is 23.0 Å². The molecule has 11 heteroatoms. The number of nitro groups is 1. The number of aromatic nitrogens is 2. The topological polar surface area (TPSA) is 119 Å². The van der Waals surface area contributed by atoms with Crippen molar-refractivity contribution < 1.29 is 19.6 Å². The van der Waals surface area contributed by atoms with Crippen molar-refractivity contribution in [1.29, 1.82) is 0 Å². The highest BCUT2D eigenvalue weighted by molar-refractivity contribution is 8.26. The maximum atomic E-state index is 12.8. The number of thioether (sulfide) groups is 1. The highest BCUT2D eigenvalue weighted by atomic mass is 32.2. The van der Waals surface area contributed by atoms with Crippen molar-refractivity contribution in [2.45, 2.75) is 6.42 Å². The molecular formula is C22H16N4O5S2. The van der Waals surface area contributed by atoms with Crippen molar-refractivity contribution in [3.63, 3.8) is 0 Å². The summed E-state index contributed by atoms with van der Waals surface area (Å²) < 4.78 is 1.91. The Labute approximate surface area is 197 Å². The Morgan fingerprint density at radius 2 is 1.97 bits per heavy atom. The van der Waals surface area contributed by atoms with Gasteiger partial charge in [0.25, 0.3) is 11.6 Å². The van der Waals surface area contributed by atoms with Gasteiger partial charge in [0.15, 0.2) is 0 Å². The van der Waals surface area contributed by atoms with Gasteiger partial charge in [0.05, 0.1) is 21.9 Å². The Hall–Kier alpha value is -3.83. The number of non-ortho nitro benzene ring substituents is 1. The van der Waals surface area contributed by atoms with Crippen molar-refractivity contribution >= 4 is 51.9 Å². The van der Waals surface area contributed by atoms with E-state index >= 15 is 0 Å². The van der Waals surface area contributed by atoms with Gasteiger partial charge in [-0.1, -0.05) is 54.3 Å². The summed E-state index contributed by atoms with van der Waals surface area (Å²) in [7, 11) is 0. The summed E-state index contributed by atoms with van der Waals surface area (Å²) in [5, 5.41) is 24.8. The normalized spacial score (nSPS) is 14.8. The summed E-state index contributed by atoms with van der Waals surface area (Å²) in [5.74, 6) is -1.41. The highest BCUT2D eigenvalue weighted by Crippen LogP contribution is 2.35. The summed E-state index contributed by atoms with van der Waals surface area (Å²) >= 11 is 6.33. The lowest BCUT2D eigenvalue weighted by Gasteiger charge is -2.12.